The van der Waals surface area contributed by atoms with Crippen molar-refractivity contribution in [1.29, 1.82) is 0 Å². The highest BCUT2D eigenvalue weighted by atomic mass is 14.9. The van der Waals surface area contributed by atoms with Crippen LogP contribution in [0.3, 0.4) is 0 Å². The van der Waals surface area contributed by atoms with Gasteiger partial charge in [0.05, 0.1) is 0 Å². The summed E-state index contributed by atoms with van der Waals surface area (Å²) in [4.78, 5) is 0. The second-order valence-electron chi connectivity index (χ2n) is 3.35. The lowest BCUT2D eigenvalue weighted by atomic mass is 10.0. The van der Waals surface area contributed by atoms with Crippen LogP contribution in [0.25, 0.3) is 0 Å². The minimum absolute atomic E-state index is 0.543. The fourth-order valence-electron chi connectivity index (χ4n) is 1.40. The van der Waals surface area contributed by atoms with Crippen molar-refractivity contribution in [3.8, 4) is 0 Å². The SMILES string of the molecule is C=C(CC)C(CCCCC)NC. The first-order chi connectivity index (χ1) is 5.76. The summed E-state index contributed by atoms with van der Waals surface area (Å²) in [6.45, 7) is 8.47. The molecule has 1 unspecified atom stereocenters. The summed E-state index contributed by atoms with van der Waals surface area (Å²) in [5.41, 5.74) is 1.34. The lowest BCUT2D eigenvalue weighted by Crippen LogP contribution is -2.26. The van der Waals surface area contributed by atoms with Gasteiger partial charge in [-0.15, -0.1) is 0 Å². The van der Waals surface area contributed by atoms with Crippen LogP contribution in [-0.4, -0.2) is 13.1 Å². The molecular formula is C11H23N. The summed E-state index contributed by atoms with van der Waals surface area (Å²) in [5.74, 6) is 0. The van der Waals surface area contributed by atoms with Gasteiger partial charge < -0.3 is 5.32 Å². The Morgan fingerprint density at radius 2 is 2.00 bits per heavy atom. The Morgan fingerprint density at radius 1 is 1.33 bits per heavy atom. The molecule has 1 heteroatoms. The van der Waals surface area contributed by atoms with Gasteiger partial charge in [-0.25, -0.2) is 0 Å². The highest BCUT2D eigenvalue weighted by molar-refractivity contribution is 5.03. The number of nitrogens with one attached hydrogen (secondary N) is 1. The van der Waals surface area contributed by atoms with E-state index < -0.39 is 0 Å². The molecule has 0 spiro atoms. The Balaban J connectivity index is 3.60. The van der Waals surface area contributed by atoms with E-state index in [1.165, 1.54) is 31.3 Å². The maximum absolute atomic E-state index is 4.06. The van der Waals surface area contributed by atoms with E-state index in [9.17, 15) is 0 Å². The third-order valence-corrected chi connectivity index (χ3v) is 2.39. The Kier molecular flexibility index (Phi) is 7.17. The molecule has 0 aliphatic rings. The molecule has 1 atom stereocenters. The summed E-state index contributed by atoms with van der Waals surface area (Å²) in [6.07, 6.45) is 6.31. The molecule has 0 aliphatic heterocycles. The standard InChI is InChI=1S/C11H23N/c1-5-7-8-9-11(12-4)10(3)6-2/h11-12H,3,5-9H2,1-2,4H3. The summed E-state index contributed by atoms with van der Waals surface area (Å²) < 4.78 is 0. The summed E-state index contributed by atoms with van der Waals surface area (Å²) in [7, 11) is 2.03. The molecule has 0 bridgehead atoms. The molecule has 0 aromatic carbocycles. The Bertz CT molecular complexity index is 118. The monoisotopic (exact) mass is 169 g/mol. The highest BCUT2D eigenvalue weighted by Gasteiger charge is 2.06. The fraction of sp³-hybridized carbons (Fsp3) is 0.818. The average molecular weight is 169 g/mol. The molecule has 0 aromatic rings. The number of likely N-dealkylation sites (N-methyl/N-ethyl adjacent to an activating group) is 1. The van der Waals surface area contributed by atoms with E-state index in [0.29, 0.717) is 6.04 Å². The van der Waals surface area contributed by atoms with Crippen LogP contribution in [0.4, 0.5) is 0 Å². The van der Waals surface area contributed by atoms with Crippen LogP contribution in [0.1, 0.15) is 46.0 Å². The first-order valence-corrected chi connectivity index (χ1v) is 5.11. The van der Waals surface area contributed by atoms with Crippen LogP contribution in [0.5, 0.6) is 0 Å². The molecule has 0 saturated heterocycles. The third-order valence-electron chi connectivity index (χ3n) is 2.39. The van der Waals surface area contributed by atoms with E-state index in [0.717, 1.165) is 6.42 Å². The van der Waals surface area contributed by atoms with Crippen LogP contribution in [0.2, 0.25) is 0 Å². The maximum atomic E-state index is 4.06. The minimum atomic E-state index is 0.543. The quantitative estimate of drug-likeness (QED) is 0.456. The molecule has 0 radical (unpaired) electrons. The third kappa shape index (κ3) is 4.55. The van der Waals surface area contributed by atoms with E-state index in [1.807, 2.05) is 7.05 Å². The second kappa shape index (κ2) is 7.35. The number of hydrogen-bond donors (Lipinski definition) is 1. The van der Waals surface area contributed by atoms with Gasteiger partial charge in [0, 0.05) is 6.04 Å². The van der Waals surface area contributed by atoms with Crippen LogP contribution >= 0.6 is 0 Å². The Labute approximate surface area is 77.2 Å². The van der Waals surface area contributed by atoms with Gasteiger partial charge in [0.1, 0.15) is 0 Å². The van der Waals surface area contributed by atoms with E-state index in [1.54, 1.807) is 0 Å². The zero-order valence-corrected chi connectivity index (χ0v) is 8.82. The largest absolute Gasteiger partial charge is 0.313 e. The van der Waals surface area contributed by atoms with Gasteiger partial charge in [-0.05, 0) is 19.9 Å². The van der Waals surface area contributed by atoms with Crippen molar-refractivity contribution in [2.24, 2.45) is 0 Å². The van der Waals surface area contributed by atoms with E-state index in [4.69, 9.17) is 0 Å². The van der Waals surface area contributed by atoms with E-state index >= 15 is 0 Å². The Hall–Kier alpha value is -0.300. The summed E-state index contributed by atoms with van der Waals surface area (Å²) in [5, 5.41) is 3.31. The molecule has 1 nitrogen and oxygen atoms in total. The zero-order valence-electron chi connectivity index (χ0n) is 8.82. The van der Waals surface area contributed by atoms with Crippen molar-refractivity contribution >= 4 is 0 Å². The average Bonchev–Trinajstić information content (AvgIpc) is 2.11. The van der Waals surface area contributed by atoms with Crippen LogP contribution in [0.15, 0.2) is 12.2 Å². The van der Waals surface area contributed by atoms with Crippen LogP contribution in [0, 0.1) is 0 Å². The lowest BCUT2D eigenvalue weighted by molar-refractivity contribution is 0.535. The van der Waals surface area contributed by atoms with Crippen molar-refractivity contribution < 1.29 is 0 Å². The normalized spacial score (nSPS) is 12.9. The topological polar surface area (TPSA) is 12.0 Å². The van der Waals surface area contributed by atoms with Crippen LogP contribution < -0.4 is 5.32 Å². The molecule has 12 heavy (non-hydrogen) atoms. The molecule has 0 saturated carbocycles. The molecule has 0 heterocycles. The molecule has 72 valence electrons. The summed E-state index contributed by atoms with van der Waals surface area (Å²) in [6, 6.07) is 0.543. The smallest absolute Gasteiger partial charge is 0.0273 e. The molecule has 0 aromatic heterocycles. The van der Waals surface area contributed by atoms with Crippen molar-refractivity contribution in [1.82, 2.24) is 5.32 Å². The summed E-state index contributed by atoms with van der Waals surface area (Å²) >= 11 is 0. The molecule has 0 amide bonds. The first-order valence-electron chi connectivity index (χ1n) is 5.11. The molecule has 0 fully saturated rings. The number of unbranched alkanes of at least 4 members (excludes halogenated alkanes) is 2. The van der Waals surface area contributed by atoms with Gasteiger partial charge in [0.25, 0.3) is 0 Å². The van der Waals surface area contributed by atoms with Crippen LogP contribution in [-0.2, 0) is 0 Å². The molecule has 1 N–H and O–H groups in total. The van der Waals surface area contributed by atoms with Crippen molar-refractivity contribution in [2.45, 2.75) is 52.0 Å². The van der Waals surface area contributed by atoms with Crippen molar-refractivity contribution in [3.63, 3.8) is 0 Å². The van der Waals surface area contributed by atoms with E-state index in [-0.39, 0.29) is 0 Å². The first kappa shape index (κ1) is 11.7. The van der Waals surface area contributed by atoms with Gasteiger partial charge in [-0.1, -0.05) is 45.3 Å². The van der Waals surface area contributed by atoms with Crippen molar-refractivity contribution in [2.75, 3.05) is 7.05 Å². The highest BCUT2D eigenvalue weighted by Crippen LogP contribution is 2.11. The van der Waals surface area contributed by atoms with Gasteiger partial charge in [0.2, 0.25) is 0 Å². The molecule has 0 rings (SSSR count). The predicted octanol–water partition coefficient (Wildman–Crippen LogP) is 3.12. The van der Waals surface area contributed by atoms with E-state index in [2.05, 4.69) is 25.7 Å². The van der Waals surface area contributed by atoms with Crippen molar-refractivity contribution in [3.05, 3.63) is 12.2 Å². The maximum Gasteiger partial charge on any atom is 0.0273 e. The second-order valence-corrected chi connectivity index (χ2v) is 3.35. The fourth-order valence-corrected chi connectivity index (χ4v) is 1.40. The molecule has 0 aliphatic carbocycles. The zero-order chi connectivity index (χ0) is 9.40. The van der Waals surface area contributed by atoms with Gasteiger partial charge >= 0.3 is 0 Å². The lowest BCUT2D eigenvalue weighted by Gasteiger charge is -2.17. The number of hydrogen-bond acceptors (Lipinski definition) is 1. The minimum Gasteiger partial charge on any atom is -0.313 e. The predicted molar refractivity (Wildman–Crippen MR) is 56.4 cm³/mol. The van der Waals surface area contributed by atoms with Gasteiger partial charge in [-0.3, -0.25) is 0 Å². The molecular weight excluding hydrogens is 146 g/mol. The van der Waals surface area contributed by atoms with Gasteiger partial charge in [0.15, 0.2) is 0 Å². The Morgan fingerprint density at radius 3 is 2.42 bits per heavy atom. The van der Waals surface area contributed by atoms with Gasteiger partial charge in [-0.2, -0.15) is 0 Å². The number of rotatable bonds is 7.